The molecule has 0 atom stereocenters. The number of carbonyl (C=O) groups excluding carboxylic acids is 3. The third-order valence-corrected chi connectivity index (χ3v) is 4.53. The average molecular weight is 429 g/mol. The fourth-order valence-corrected chi connectivity index (χ4v) is 3.23. The Morgan fingerprint density at radius 3 is 2.59 bits per heavy atom. The molecule has 1 aliphatic rings. The van der Waals surface area contributed by atoms with E-state index in [-0.39, 0.29) is 11.3 Å². The van der Waals surface area contributed by atoms with Gasteiger partial charge in [-0.2, -0.15) is 0 Å². The molecule has 2 aromatic rings. The van der Waals surface area contributed by atoms with Gasteiger partial charge in [0.1, 0.15) is 11.3 Å². The zero-order valence-corrected chi connectivity index (χ0v) is 16.4. The largest absolute Gasteiger partial charge is 0.492 e. The number of para-hydroxylation sites is 2. The van der Waals surface area contributed by atoms with E-state index in [1.165, 1.54) is 6.08 Å². The van der Waals surface area contributed by atoms with E-state index < -0.39 is 17.8 Å². The van der Waals surface area contributed by atoms with Gasteiger partial charge < -0.3 is 4.74 Å². The molecule has 0 unspecified atom stereocenters. The zero-order valence-electron chi connectivity index (χ0n) is 14.8. The molecule has 0 radical (unpaired) electrons. The smallest absolute Gasteiger partial charge is 0.336 e. The van der Waals surface area contributed by atoms with Gasteiger partial charge in [-0.3, -0.25) is 14.9 Å². The summed E-state index contributed by atoms with van der Waals surface area (Å²) in [5.41, 5.74) is 1.76. The van der Waals surface area contributed by atoms with Gasteiger partial charge in [0.2, 0.25) is 0 Å². The normalized spacial score (nSPS) is 15.9. The number of nitrogens with zero attached hydrogens (tertiary/aromatic N) is 1. The summed E-state index contributed by atoms with van der Waals surface area (Å²) in [4.78, 5) is 38.6. The van der Waals surface area contributed by atoms with Crippen molar-refractivity contribution in [1.82, 2.24) is 5.32 Å². The molecule has 0 saturated carbocycles. The lowest BCUT2D eigenvalue weighted by Crippen LogP contribution is -2.54. The van der Waals surface area contributed by atoms with E-state index in [0.717, 1.165) is 14.9 Å². The highest BCUT2D eigenvalue weighted by molar-refractivity contribution is 9.10. The van der Waals surface area contributed by atoms with Gasteiger partial charge in [-0.15, -0.1) is 0 Å². The molecular formula is C20H17BrN2O4. The minimum Gasteiger partial charge on any atom is -0.492 e. The first-order chi connectivity index (χ1) is 12.9. The van der Waals surface area contributed by atoms with Crippen LogP contribution in [0.3, 0.4) is 0 Å². The number of hydrogen-bond donors (Lipinski definition) is 1. The topological polar surface area (TPSA) is 75.7 Å². The number of barbiturate groups is 1. The van der Waals surface area contributed by atoms with Gasteiger partial charge in [0, 0.05) is 4.47 Å². The number of rotatable bonds is 4. The van der Waals surface area contributed by atoms with Crippen LogP contribution in [0.15, 0.2) is 52.5 Å². The fraction of sp³-hybridized carbons (Fsp3) is 0.150. The van der Waals surface area contributed by atoms with Crippen molar-refractivity contribution >= 4 is 45.5 Å². The van der Waals surface area contributed by atoms with Crippen molar-refractivity contribution in [3.63, 3.8) is 0 Å². The Bertz CT molecular complexity index is 968. The van der Waals surface area contributed by atoms with Crippen molar-refractivity contribution in [3.8, 4) is 5.75 Å². The maximum atomic E-state index is 13.0. The molecule has 1 heterocycles. The summed E-state index contributed by atoms with van der Waals surface area (Å²) < 4.78 is 6.41. The molecule has 27 heavy (non-hydrogen) atoms. The van der Waals surface area contributed by atoms with E-state index in [2.05, 4.69) is 21.2 Å². The Hall–Kier alpha value is -2.93. The van der Waals surface area contributed by atoms with Crippen LogP contribution in [-0.2, 0) is 9.59 Å². The van der Waals surface area contributed by atoms with Crippen LogP contribution in [0.1, 0.15) is 18.1 Å². The van der Waals surface area contributed by atoms with Gasteiger partial charge in [0.15, 0.2) is 0 Å². The third kappa shape index (κ3) is 3.78. The van der Waals surface area contributed by atoms with Crippen LogP contribution in [0.2, 0.25) is 0 Å². The Labute approximate surface area is 164 Å². The Balaban J connectivity index is 2.06. The molecule has 138 valence electrons. The number of anilines is 1. The minimum atomic E-state index is -0.804. The summed E-state index contributed by atoms with van der Waals surface area (Å²) in [6.45, 7) is 4.05. The molecule has 1 N–H and O–H groups in total. The number of imide groups is 2. The van der Waals surface area contributed by atoms with Crippen LogP contribution in [-0.4, -0.2) is 24.5 Å². The molecule has 0 spiro atoms. The van der Waals surface area contributed by atoms with Gasteiger partial charge in [-0.05, 0) is 55.3 Å². The maximum absolute atomic E-state index is 13.0. The minimum absolute atomic E-state index is 0.119. The second-order valence-corrected chi connectivity index (χ2v) is 6.78. The molecule has 7 heteroatoms. The highest BCUT2D eigenvalue weighted by atomic mass is 79.9. The second kappa shape index (κ2) is 7.75. The number of ether oxygens (including phenoxy) is 1. The molecule has 0 bridgehead atoms. The van der Waals surface area contributed by atoms with Gasteiger partial charge in [-0.1, -0.05) is 34.1 Å². The molecule has 1 fully saturated rings. The molecule has 0 aromatic heterocycles. The average Bonchev–Trinajstić information content (AvgIpc) is 2.61. The van der Waals surface area contributed by atoms with Gasteiger partial charge in [0.05, 0.1) is 12.3 Å². The van der Waals surface area contributed by atoms with Crippen LogP contribution in [0, 0.1) is 6.92 Å². The summed E-state index contributed by atoms with van der Waals surface area (Å²) in [6.07, 6.45) is 1.49. The van der Waals surface area contributed by atoms with E-state index in [4.69, 9.17) is 4.74 Å². The number of amides is 4. The van der Waals surface area contributed by atoms with Gasteiger partial charge in [0.25, 0.3) is 11.8 Å². The predicted octanol–water partition coefficient (Wildman–Crippen LogP) is 3.82. The van der Waals surface area contributed by atoms with E-state index in [1.54, 1.807) is 37.3 Å². The zero-order chi connectivity index (χ0) is 19.6. The van der Waals surface area contributed by atoms with Gasteiger partial charge >= 0.3 is 6.03 Å². The first-order valence-electron chi connectivity index (χ1n) is 8.31. The van der Waals surface area contributed by atoms with Crippen molar-refractivity contribution < 1.29 is 19.1 Å². The third-order valence-electron chi connectivity index (χ3n) is 4.04. The van der Waals surface area contributed by atoms with Crippen molar-refractivity contribution in [2.24, 2.45) is 0 Å². The van der Waals surface area contributed by atoms with Gasteiger partial charge in [-0.25, -0.2) is 9.69 Å². The number of benzene rings is 2. The second-order valence-electron chi connectivity index (χ2n) is 5.86. The summed E-state index contributed by atoms with van der Waals surface area (Å²) in [5, 5.41) is 2.22. The van der Waals surface area contributed by atoms with E-state index in [0.29, 0.717) is 17.9 Å². The maximum Gasteiger partial charge on any atom is 0.336 e. The molecular weight excluding hydrogens is 412 g/mol. The molecule has 0 aliphatic carbocycles. The standard InChI is InChI=1S/C20H17BrN2O4/c1-3-27-17-7-5-4-6-16(17)23-19(25)15(18(24)22-20(23)26)11-13-8-9-14(21)10-12(13)2/h4-11H,3H2,1-2H3,(H,22,24,26). The van der Waals surface area contributed by atoms with Crippen molar-refractivity contribution in [3.05, 3.63) is 63.6 Å². The van der Waals surface area contributed by atoms with E-state index in [1.807, 2.05) is 19.1 Å². The molecule has 1 aliphatic heterocycles. The lowest BCUT2D eigenvalue weighted by atomic mass is 10.0. The van der Waals surface area contributed by atoms with E-state index >= 15 is 0 Å². The van der Waals surface area contributed by atoms with Crippen LogP contribution in [0.5, 0.6) is 5.75 Å². The van der Waals surface area contributed by atoms with Crippen LogP contribution >= 0.6 is 15.9 Å². The quantitative estimate of drug-likeness (QED) is 0.592. The SMILES string of the molecule is CCOc1ccccc1N1C(=O)NC(=O)C(=Cc2ccc(Br)cc2C)C1=O. The Morgan fingerprint density at radius 1 is 1.15 bits per heavy atom. The molecule has 2 aromatic carbocycles. The first-order valence-corrected chi connectivity index (χ1v) is 9.11. The number of carbonyl (C=O) groups is 3. The first kappa shape index (κ1) is 18.8. The highest BCUT2D eigenvalue weighted by Crippen LogP contribution is 2.31. The summed E-state index contributed by atoms with van der Waals surface area (Å²) in [6, 6.07) is 11.4. The summed E-state index contributed by atoms with van der Waals surface area (Å²) in [7, 11) is 0. The molecule has 1 saturated heterocycles. The monoisotopic (exact) mass is 428 g/mol. The molecule has 3 rings (SSSR count). The molecule has 4 amide bonds. The van der Waals surface area contributed by atoms with E-state index in [9.17, 15) is 14.4 Å². The lowest BCUT2D eigenvalue weighted by Gasteiger charge is -2.27. The number of halogens is 1. The van der Waals surface area contributed by atoms with Crippen molar-refractivity contribution in [2.45, 2.75) is 13.8 Å². The fourth-order valence-electron chi connectivity index (χ4n) is 2.75. The van der Waals surface area contributed by atoms with Crippen molar-refractivity contribution in [1.29, 1.82) is 0 Å². The number of aryl methyl sites for hydroxylation is 1. The number of hydrogen-bond acceptors (Lipinski definition) is 4. The van der Waals surface area contributed by atoms with Crippen molar-refractivity contribution in [2.75, 3.05) is 11.5 Å². The highest BCUT2D eigenvalue weighted by Gasteiger charge is 2.38. The summed E-state index contributed by atoms with van der Waals surface area (Å²) in [5.74, 6) is -1.03. The summed E-state index contributed by atoms with van der Waals surface area (Å²) >= 11 is 3.38. The number of nitrogens with one attached hydrogen (secondary N) is 1. The Morgan fingerprint density at radius 2 is 1.89 bits per heavy atom. The van der Waals surface area contributed by atoms with Crippen LogP contribution in [0.4, 0.5) is 10.5 Å². The molecule has 6 nitrogen and oxygen atoms in total. The lowest BCUT2D eigenvalue weighted by molar-refractivity contribution is -0.122. The van der Waals surface area contributed by atoms with Crippen LogP contribution < -0.4 is 15.0 Å². The van der Waals surface area contributed by atoms with Crippen LogP contribution in [0.25, 0.3) is 6.08 Å². The number of urea groups is 1. The predicted molar refractivity (Wildman–Crippen MR) is 105 cm³/mol. The Kier molecular flexibility index (Phi) is 5.41.